The second-order valence-electron chi connectivity index (χ2n) is 6.37. The van der Waals surface area contributed by atoms with Gasteiger partial charge in [0.25, 0.3) is 0 Å². The monoisotopic (exact) mass is 300 g/mol. The molecule has 0 spiro atoms. The number of hydrogen-bond acceptors (Lipinski definition) is 4. The summed E-state index contributed by atoms with van der Waals surface area (Å²) < 4.78 is 25.8. The molecule has 0 amide bonds. The van der Waals surface area contributed by atoms with Crippen LogP contribution in [0.25, 0.3) is 11.3 Å². The molecule has 6 heteroatoms. The summed E-state index contributed by atoms with van der Waals surface area (Å²) in [5.74, 6) is -0.318. The van der Waals surface area contributed by atoms with Crippen LogP contribution in [0.4, 0.5) is 4.39 Å². The van der Waals surface area contributed by atoms with Crippen LogP contribution in [0.1, 0.15) is 27.7 Å². The molecular formula is C16H18BFN2O2. The van der Waals surface area contributed by atoms with Gasteiger partial charge < -0.3 is 9.31 Å². The van der Waals surface area contributed by atoms with E-state index in [1.54, 1.807) is 30.5 Å². The van der Waals surface area contributed by atoms with E-state index >= 15 is 0 Å². The van der Waals surface area contributed by atoms with E-state index in [1.807, 2.05) is 27.7 Å². The molecule has 1 aromatic heterocycles. The van der Waals surface area contributed by atoms with Crippen molar-refractivity contribution in [1.82, 2.24) is 9.97 Å². The zero-order valence-electron chi connectivity index (χ0n) is 13.1. The minimum atomic E-state index is -0.656. The third-order valence-corrected chi connectivity index (χ3v) is 4.29. The topological polar surface area (TPSA) is 44.2 Å². The maximum absolute atomic E-state index is 13.9. The second kappa shape index (κ2) is 5.14. The average molecular weight is 300 g/mol. The maximum atomic E-state index is 13.9. The lowest BCUT2D eigenvalue weighted by atomic mass is 9.89. The predicted molar refractivity (Wildman–Crippen MR) is 83.1 cm³/mol. The van der Waals surface area contributed by atoms with E-state index in [9.17, 15) is 4.39 Å². The van der Waals surface area contributed by atoms with Crippen LogP contribution in [0.15, 0.2) is 36.5 Å². The molecule has 1 aliphatic heterocycles. The van der Waals surface area contributed by atoms with Gasteiger partial charge in [-0.2, -0.15) is 0 Å². The Morgan fingerprint density at radius 3 is 2.27 bits per heavy atom. The van der Waals surface area contributed by atoms with Crippen molar-refractivity contribution in [2.75, 3.05) is 0 Å². The van der Waals surface area contributed by atoms with Crippen molar-refractivity contribution >= 4 is 12.8 Å². The van der Waals surface area contributed by atoms with Crippen LogP contribution >= 0.6 is 0 Å². The molecule has 0 bridgehead atoms. The van der Waals surface area contributed by atoms with E-state index in [1.165, 1.54) is 6.07 Å². The van der Waals surface area contributed by atoms with E-state index in [4.69, 9.17) is 9.31 Å². The van der Waals surface area contributed by atoms with Crippen molar-refractivity contribution in [3.05, 3.63) is 42.3 Å². The fourth-order valence-corrected chi connectivity index (χ4v) is 2.25. The number of nitrogens with zero attached hydrogens (tertiary/aromatic N) is 2. The van der Waals surface area contributed by atoms with Crippen LogP contribution < -0.4 is 5.72 Å². The first-order valence-electron chi connectivity index (χ1n) is 7.24. The van der Waals surface area contributed by atoms with Gasteiger partial charge in [0.15, 0.2) is 5.72 Å². The summed E-state index contributed by atoms with van der Waals surface area (Å²) in [5, 5.41) is 0. The van der Waals surface area contributed by atoms with Gasteiger partial charge in [-0.3, -0.25) is 0 Å². The quantitative estimate of drug-likeness (QED) is 0.800. The van der Waals surface area contributed by atoms with E-state index in [-0.39, 0.29) is 5.82 Å². The number of aromatic nitrogens is 2. The minimum absolute atomic E-state index is 0.318. The van der Waals surface area contributed by atoms with Crippen molar-refractivity contribution in [2.45, 2.75) is 38.9 Å². The highest BCUT2D eigenvalue weighted by Crippen LogP contribution is 2.36. The Balaban J connectivity index is 1.95. The van der Waals surface area contributed by atoms with Crippen molar-refractivity contribution in [3.63, 3.8) is 0 Å². The number of hydrogen-bond donors (Lipinski definition) is 0. The summed E-state index contributed by atoms with van der Waals surface area (Å²) in [6, 6.07) is 8.19. The predicted octanol–water partition coefficient (Wildman–Crippen LogP) is 2.58. The van der Waals surface area contributed by atoms with Gasteiger partial charge in [-0.15, -0.1) is 0 Å². The lowest BCUT2D eigenvalue weighted by molar-refractivity contribution is 0.00578. The first-order valence-corrected chi connectivity index (χ1v) is 7.24. The van der Waals surface area contributed by atoms with E-state index < -0.39 is 18.3 Å². The van der Waals surface area contributed by atoms with Gasteiger partial charge in [-0.25, -0.2) is 14.4 Å². The zero-order chi connectivity index (χ0) is 16.0. The summed E-state index contributed by atoms with van der Waals surface area (Å²) in [5.41, 5.74) is 0.421. The molecule has 0 N–H and O–H groups in total. The zero-order valence-corrected chi connectivity index (χ0v) is 13.1. The fourth-order valence-electron chi connectivity index (χ4n) is 2.25. The van der Waals surface area contributed by atoms with Gasteiger partial charge in [0.2, 0.25) is 0 Å². The van der Waals surface area contributed by atoms with Gasteiger partial charge >= 0.3 is 7.12 Å². The molecule has 0 saturated carbocycles. The summed E-state index contributed by atoms with van der Waals surface area (Å²) in [4.78, 5) is 8.64. The summed E-state index contributed by atoms with van der Waals surface area (Å²) in [6.07, 6.45) is 1.59. The van der Waals surface area contributed by atoms with Crippen molar-refractivity contribution in [3.8, 4) is 11.3 Å². The Morgan fingerprint density at radius 2 is 1.64 bits per heavy atom. The van der Waals surface area contributed by atoms with E-state index in [0.29, 0.717) is 17.0 Å². The molecule has 22 heavy (non-hydrogen) atoms. The maximum Gasteiger partial charge on any atom is 0.534 e. The van der Waals surface area contributed by atoms with Crippen LogP contribution in [-0.4, -0.2) is 28.3 Å². The largest absolute Gasteiger partial charge is 0.534 e. The summed E-state index contributed by atoms with van der Waals surface area (Å²) in [6.45, 7) is 7.86. The van der Waals surface area contributed by atoms with Crippen molar-refractivity contribution < 1.29 is 13.7 Å². The molecule has 114 valence electrons. The minimum Gasteiger partial charge on any atom is -0.397 e. The Hall–Kier alpha value is -1.79. The molecule has 3 rings (SSSR count). The van der Waals surface area contributed by atoms with Gasteiger partial charge in [0.1, 0.15) is 5.82 Å². The van der Waals surface area contributed by atoms with Crippen LogP contribution in [0.2, 0.25) is 0 Å². The molecule has 2 aromatic rings. The lowest BCUT2D eigenvalue weighted by Crippen LogP contribution is -2.41. The average Bonchev–Trinajstić information content (AvgIpc) is 2.68. The van der Waals surface area contributed by atoms with Crippen molar-refractivity contribution in [1.29, 1.82) is 0 Å². The molecule has 1 aliphatic rings. The second-order valence-corrected chi connectivity index (χ2v) is 6.37. The molecule has 4 nitrogen and oxygen atoms in total. The first-order chi connectivity index (χ1) is 10.3. The third-order valence-electron chi connectivity index (χ3n) is 4.29. The van der Waals surface area contributed by atoms with E-state index in [2.05, 4.69) is 9.97 Å². The van der Waals surface area contributed by atoms with Crippen LogP contribution in [-0.2, 0) is 9.31 Å². The van der Waals surface area contributed by atoms with Gasteiger partial charge in [-0.1, -0.05) is 12.1 Å². The molecule has 0 aliphatic carbocycles. The van der Waals surface area contributed by atoms with Crippen LogP contribution in [0.5, 0.6) is 0 Å². The summed E-state index contributed by atoms with van der Waals surface area (Å²) in [7, 11) is -0.656. The summed E-state index contributed by atoms with van der Waals surface area (Å²) >= 11 is 0. The Kier molecular flexibility index (Phi) is 3.53. The molecule has 1 fully saturated rings. The molecule has 0 unspecified atom stereocenters. The fraction of sp³-hybridized carbons (Fsp3) is 0.375. The molecular weight excluding hydrogens is 282 g/mol. The number of halogens is 1. The standard InChI is InChI=1S/C16H18BFN2O2/c1-15(2)16(3,4)22-17(21-15)14-19-10-9-13(20-14)11-7-5-6-8-12(11)18/h5-10H,1-4H3. The SMILES string of the molecule is CC1(C)OB(c2nccc(-c3ccccc3F)n2)OC1(C)C. The third kappa shape index (κ3) is 2.53. The van der Waals surface area contributed by atoms with Crippen LogP contribution in [0, 0.1) is 5.82 Å². The molecule has 2 heterocycles. The Bertz CT molecular complexity index is 690. The van der Waals surface area contributed by atoms with Crippen molar-refractivity contribution in [2.24, 2.45) is 0 Å². The molecule has 0 radical (unpaired) electrons. The highest BCUT2D eigenvalue weighted by Gasteiger charge is 2.53. The van der Waals surface area contributed by atoms with Gasteiger partial charge in [0.05, 0.1) is 16.9 Å². The molecule has 0 atom stereocenters. The Morgan fingerprint density at radius 1 is 1.00 bits per heavy atom. The Labute approximate surface area is 129 Å². The van der Waals surface area contributed by atoms with E-state index in [0.717, 1.165) is 0 Å². The normalized spacial score (nSPS) is 19.4. The number of benzene rings is 1. The lowest BCUT2D eigenvalue weighted by Gasteiger charge is -2.32. The molecule has 1 aromatic carbocycles. The smallest absolute Gasteiger partial charge is 0.397 e. The van der Waals surface area contributed by atoms with Gasteiger partial charge in [0, 0.05) is 11.8 Å². The number of rotatable bonds is 2. The van der Waals surface area contributed by atoms with Gasteiger partial charge in [-0.05, 0) is 45.9 Å². The highest BCUT2D eigenvalue weighted by molar-refractivity contribution is 6.60. The first kappa shape index (κ1) is 15.1. The highest BCUT2D eigenvalue weighted by atomic mass is 19.1. The molecule has 1 saturated heterocycles. The van der Waals surface area contributed by atoms with Crippen LogP contribution in [0.3, 0.4) is 0 Å².